The molecule has 1 saturated heterocycles. The van der Waals surface area contributed by atoms with Crippen LogP contribution in [0.3, 0.4) is 0 Å². The minimum absolute atomic E-state index is 0.0538. The minimum atomic E-state index is -0.335. The fourth-order valence-electron chi connectivity index (χ4n) is 1.88. The van der Waals surface area contributed by atoms with Crippen molar-refractivity contribution in [2.75, 3.05) is 19.7 Å². The number of hydrogen-bond donors (Lipinski definition) is 1. The molecule has 1 amide bonds. The van der Waals surface area contributed by atoms with Crippen LogP contribution in [-0.2, 0) is 4.79 Å². The smallest absolute Gasteiger partial charge is 0.260 e. The lowest BCUT2D eigenvalue weighted by Gasteiger charge is -2.29. The second-order valence-electron chi connectivity index (χ2n) is 4.35. The Morgan fingerprint density at radius 1 is 1.33 bits per heavy atom. The molecule has 98 valence electrons. The van der Waals surface area contributed by atoms with E-state index in [0.717, 1.165) is 0 Å². The predicted octanol–water partition coefficient (Wildman–Crippen LogP) is 1.19. The molecule has 0 aromatic heterocycles. The van der Waals surface area contributed by atoms with Gasteiger partial charge in [0.15, 0.2) is 6.61 Å². The molecule has 0 saturated carbocycles. The lowest BCUT2D eigenvalue weighted by atomic mass is 10.1. The van der Waals surface area contributed by atoms with Crippen molar-refractivity contribution in [3.63, 3.8) is 0 Å². The molecule has 1 aromatic carbocycles. The molecule has 0 unspecified atom stereocenters. The monoisotopic (exact) mass is 253 g/mol. The van der Waals surface area contributed by atoms with Crippen LogP contribution in [0.2, 0.25) is 0 Å². The molecule has 0 atom stereocenters. The summed E-state index contributed by atoms with van der Waals surface area (Å²) in [4.78, 5) is 13.5. The first-order chi connectivity index (χ1) is 8.65. The van der Waals surface area contributed by atoms with Gasteiger partial charge >= 0.3 is 0 Å². The van der Waals surface area contributed by atoms with Crippen molar-refractivity contribution in [3.8, 4) is 5.75 Å². The maximum atomic E-state index is 12.7. The van der Waals surface area contributed by atoms with Crippen LogP contribution in [0.1, 0.15) is 12.8 Å². The van der Waals surface area contributed by atoms with Crippen LogP contribution >= 0.6 is 0 Å². The number of carbonyl (C=O) groups is 1. The van der Waals surface area contributed by atoms with Crippen LogP contribution in [0, 0.1) is 5.82 Å². The number of aliphatic hydroxyl groups is 1. The molecule has 0 radical (unpaired) electrons. The van der Waals surface area contributed by atoms with Gasteiger partial charge in [-0.1, -0.05) is 0 Å². The van der Waals surface area contributed by atoms with E-state index in [9.17, 15) is 14.3 Å². The highest BCUT2D eigenvalue weighted by Crippen LogP contribution is 2.13. The lowest BCUT2D eigenvalue weighted by Crippen LogP contribution is -2.42. The third kappa shape index (κ3) is 3.43. The maximum absolute atomic E-state index is 12.7. The zero-order valence-electron chi connectivity index (χ0n) is 10.0. The Morgan fingerprint density at radius 2 is 1.94 bits per heavy atom. The molecule has 0 spiro atoms. The maximum Gasteiger partial charge on any atom is 0.260 e. The SMILES string of the molecule is O=C(COc1ccc(F)cc1)N1CCC(O)CC1. The van der Waals surface area contributed by atoms with Crippen molar-refractivity contribution in [2.24, 2.45) is 0 Å². The first-order valence-corrected chi connectivity index (χ1v) is 5.99. The van der Waals surface area contributed by atoms with E-state index < -0.39 is 0 Å². The second-order valence-corrected chi connectivity index (χ2v) is 4.35. The summed E-state index contributed by atoms with van der Waals surface area (Å²) in [6.45, 7) is 1.07. The van der Waals surface area contributed by atoms with E-state index in [0.29, 0.717) is 31.7 Å². The van der Waals surface area contributed by atoms with E-state index in [2.05, 4.69) is 0 Å². The van der Waals surface area contributed by atoms with Gasteiger partial charge in [0.1, 0.15) is 11.6 Å². The summed E-state index contributed by atoms with van der Waals surface area (Å²) in [6.07, 6.45) is 0.928. The van der Waals surface area contributed by atoms with Crippen molar-refractivity contribution in [2.45, 2.75) is 18.9 Å². The quantitative estimate of drug-likeness (QED) is 0.880. The number of ether oxygens (including phenoxy) is 1. The summed E-state index contributed by atoms with van der Waals surface area (Å²) in [6, 6.07) is 5.55. The van der Waals surface area contributed by atoms with Gasteiger partial charge in [-0.3, -0.25) is 4.79 Å². The van der Waals surface area contributed by atoms with E-state index in [4.69, 9.17) is 4.74 Å². The number of benzene rings is 1. The summed E-state index contributed by atoms with van der Waals surface area (Å²) in [5, 5.41) is 9.34. The van der Waals surface area contributed by atoms with Crippen molar-refractivity contribution in [1.29, 1.82) is 0 Å². The molecule has 1 aliphatic rings. The highest BCUT2D eigenvalue weighted by Gasteiger charge is 2.21. The number of nitrogens with zero attached hydrogens (tertiary/aromatic N) is 1. The molecular formula is C13H16FNO3. The molecule has 1 aliphatic heterocycles. The Kier molecular flexibility index (Phi) is 4.15. The molecule has 0 aliphatic carbocycles. The van der Waals surface area contributed by atoms with Crippen LogP contribution in [0.25, 0.3) is 0 Å². The minimum Gasteiger partial charge on any atom is -0.484 e. The van der Waals surface area contributed by atoms with E-state index in [1.807, 2.05) is 0 Å². The van der Waals surface area contributed by atoms with Gasteiger partial charge in [-0.25, -0.2) is 4.39 Å². The number of likely N-dealkylation sites (tertiary alicyclic amines) is 1. The Bertz CT molecular complexity index is 399. The fraction of sp³-hybridized carbons (Fsp3) is 0.462. The van der Waals surface area contributed by atoms with Crippen molar-refractivity contribution < 1.29 is 19.0 Å². The van der Waals surface area contributed by atoms with Gasteiger partial charge in [-0.05, 0) is 37.1 Å². The van der Waals surface area contributed by atoms with Gasteiger partial charge in [0, 0.05) is 13.1 Å². The van der Waals surface area contributed by atoms with E-state index >= 15 is 0 Å². The van der Waals surface area contributed by atoms with Crippen LogP contribution in [0.4, 0.5) is 4.39 Å². The van der Waals surface area contributed by atoms with Gasteiger partial charge in [0.25, 0.3) is 5.91 Å². The summed E-state index contributed by atoms with van der Waals surface area (Å²) in [5.41, 5.74) is 0. The Hall–Kier alpha value is -1.62. The third-order valence-corrected chi connectivity index (χ3v) is 2.99. The summed E-state index contributed by atoms with van der Waals surface area (Å²) >= 11 is 0. The second kappa shape index (κ2) is 5.82. The van der Waals surface area contributed by atoms with Crippen molar-refractivity contribution >= 4 is 5.91 Å². The highest BCUT2D eigenvalue weighted by molar-refractivity contribution is 5.77. The van der Waals surface area contributed by atoms with Gasteiger partial charge in [-0.15, -0.1) is 0 Å². The summed E-state index contributed by atoms with van der Waals surface area (Å²) < 4.78 is 17.9. The molecule has 2 rings (SSSR count). The molecule has 0 bridgehead atoms. The molecule has 4 nitrogen and oxygen atoms in total. The average molecular weight is 253 g/mol. The number of aliphatic hydroxyl groups excluding tert-OH is 1. The van der Waals surface area contributed by atoms with E-state index in [1.54, 1.807) is 4.90 Å². The van der Waals surface area contributed by atoms with Gasteiger partial charge < -0.3 is 14.7 Å². The van der Waals surface area contributed by atoms with Crippen LogP contribution in [0.5, 0.6) is 5.75 Å². The summed E-state index contributed by atoms with van der Waals surface area (Å²) in [7, 11) is 0. The van der Waals surface area contributed by atoms with E-state index in [1.165, 1.54) is 24.3 Å². The molecule has 1 aromatic rings. The largest absolute Gasteiger partial charge is 0.484 e. The van der Waals surface area contributed by atoms with Crippen LogP contribution in [-0.4, -0.2) is 41.7 Å². The first kappa shape index (κ1) is 12.8. The average Bonchev–Trinajstić information content (AvgIpc) is 2.38. The number of carbonyl (C=O) groups excluding carboxylic acids is 1. The standard InChI is InChI=1S/C13H16FNO3/c14-10-1-3-12(4-2-10)18-9-13(17)15-7-5-11(16)6-8-15/h1-4,11,16H,5-9H2. The zero-order valence-corrected chi connectivity index (χ0v) is 10.0. The lowest BCUT2D eigenvalue weighted by molar-refractivity contribution is -0.135. The van der Waals surface area contributed by atoms with Crippen molar-refractivity contribution in [1.82, 2.24) is 4.90 Å². The Balaban J connectivity index is 1.79. The normalized spacial score (nSPS) is 16.7. The molecule has 1 fully saturated rings. The van der Waals surface area contributed by atoms with Gasteiger partial charge in [-0.2, -0.15) is 0 Å². The van der Waals surface area contributed by atoms with Gasteiger partial charge in [0.2, 0.25) is 0 Å². The predicted molar refractivity (Wildman–Crippen MR) is 63.7 cm³/mol. The zero-order chi connectivity index (χ0) is 13.0. The number of rotatable bonds is 3. The number of piperidine rings is 1. The molecule has 1 N–H and O–H groups in total. The molecule has 18 heavy (non-hydrogen) atoms. The Labute approximate surface area is 105 Å². The van der Waals surface area contributed by atoms with Crippen LogP contribution in [0.15, 0.2) is 24.3 Å². The molecular weight excluding hydrogens is 237 g/mol. The topological polar surface area (TPSA) is 49.8 Å². The first-order valence-electron chi connectivity index (χ1n) is 5.99. The molecule has 5 heteroatoms. The van der Waals surface area contributed by atoms with E-state index in [-0.39, 0.29) is 24.4 Å². The third-order valence-electron chi connectivity index (χ3n) is 2.99. The number of hydrogen-bond acceptors (Lipinski definition) is 3. The van der Waals surface area contributed by atoms with Crippen molar-refractivity contribution in [3.05, 3.63) is 30.1 Å². The van der Waals surface area contributed by atoms with Crippen LogP contribution < -0.4 is 4.74 Å². The highest BCUT2D eigenvalue weighted by atomic mass is 19.1. The molecule has 1 heterocycles. The number of halogens is 1. The van der Waals surface area contributed by atoms with Gasteiger partial charge in [0.05, 0.1) is 6.10 Å². The Morgan fingerprint density at radius 3 is 2.56 bits per heavy atom. The summed E-state index contributed by atoms with van der Waals surface area (Å²) in [5.74, 6) is 0.0340. The number of amides is 1. The fourth-order valence-corrected chi connectivity index (χ4v) is 1.88.